The molecule has 1 aromatic carbocycles. The van der Waals surface area contributed by atoms with E-state index in [4.69, 9.17) is 16.3 Å². The van der Waals surface area contributed by atoms with Crippen LogP contribution in [0.5, 0.6) is 0 Å². The summed E-state index contributed by atoms with van der Waals surface area (Å²) in [5.41, 5.74) is 3.20. The minimum atomic E-state index is 0.420. The molecule has 3 rings (SSSR count). The minimum Gasteiger partial charge on any atom is -0.377 e. The summed E-state index contributed by atoms with van der Waals surface area (Å²) in [6.07, 6.45) is 0. The molecule has 0 spiro atoms. The van der Waals surface area contributed by atoms with Gasteiger partial charge in [-0.2, -0.15) is 0 Å². The van der Waals surface area contributed by atoms with E-state index in [1.54, 1.807) is 0 Å². The molecule has 84 valence electrons. The Kier molecular flexibility index (Phi) is 2.19. The molecule has 1 aliphatic rings. The first-order valence-corrected chi connectivity index (χ1v) is 5.77. The molecule has 1 saturated heterocycles. The SMILES string of the molecule is Cc1cc2nc(C)n(C3COC3)c2cc1Cl. The molecular formula is C12H13ClN2O. The second-order valence-electron chi connectivity index (χ2n) is 4.31. The summed E-state index contributed by atoms with van der Waals surface area (Å²) in [6.45, 7) is 5.58. The lowest BCUT2D eigenvalue weighted by Crippen LogP contribution is -2.31. The first kappa shape index (κ1) is 10.1. The maximum atomic E-state index is 6.16. The number of ether oxygens (including phenoxy) is 1. The molecule has 0 N–H and O–H groups in total. The number of fused-ring (bicyclic) bond motifs is 1. The largest absolute Gasteiger partial charge is 0.377 e. The zero-order valence-corrected chi connectivity index (χ0v) is 10.1. The lowest BCUT2D eigenvalue weighted by atomic mass is 10.2. The van der Waals surface area contributed by atoms with Gasteiger partial charge in [-0.25, -0.2) is 4.98 Å². The Labute approximate surface area is 99.0 Å². The molecule has 0 atom stereocenters. The molecule has 0 amide bonds. The van der Waals surface area contributed by atoms with E-state index in [-0.39, 0.29) is 0 Å². The number of aryl methyl sites for hydroxylation is 2. The van der Waals surface area contributed by atoms with E-state index in [9.17, 15) is 0 Å². The van der Waals surface area contributed by atoms with Crippen molar-refractivity contribution in [1.29, 1.82) is 0 Å². The van der Waals surface area contributed by atoms with Crippen LogP contribution >= 0.6 is 11.6 Å². The maximum absolute atomic E-state index is 6.16. The van der Waals surface area contributed by atoms with Crippen LogP contribution in [0.4, 0.5) is 0 Å². The van der Waals surface area contributed by atoms with Crippen LogP contribution in [0.25, 0.3) is 11.0 Å². The van der Waals surface area contributed by atoms with Gasteiger partial charge in [0.1, 0.15) is 5.82 Å². The minimum absolute atomic E-state index is 0.420. The van der Waals surface area contributed by atoms with E-state index in [0.29, 0.717) is 6.04 Å². The number of benzene rings is 1. The molecule has 2 heterocycles. The molecule has 1 aromatic heterocycles. The van der Waals surface area contributed by atoms with Crippen molar-refractivity contribution >= 4 is 22.6 Å². The maximum Gasteiger partial charge on any atom is 0.107 e. The number of aromatic nitrogens is 2. The Morgan fingerprint density at radius 2 is 2.12 bits per heavy atom. The third kappa shape index (κ3) is 1.35. The molecule has 1 aliphatic heterocycles. The van der Waals surface area contributed by atoms with Crippen molar-refractivity contribution in [2.45, 2.75) is 19.9 Å². The number of hydrogen-bond donors (Lipinski definition) is 0. The van der Waals surface area contributed by atoms with E-state index in [1.807, 2.05) is 26.0 Å². The fraction of sp³-hybridized carbons (Fsp3) is 0.417. The zero-order valence-electron chi connectivity index (χ0n) is 9.33. The second kappa shape index (κ2) is 3.47. The Morgan fingerprint density at radius 3 is 2.75 bits per heavy atom. The molecule has 2 aromatic rings. The smallest absolute Gasteiger partial charge is 0.107 e. The van der Waals surface area contributed by atoms with Gasteiger partial charge >= 0.3 is 0 Å². The van der Waals surface area contributed by atoms with Crippen LogP contribution in [0.3, 0.4) is 0 Å². The fourth-order valence-electron chi connectivity index (χ4n) is 2.17. The van der Waals surface area contributed by atoms with Crippen LogP contribution in [0.2, 0.25) is 5.02 Å². The summed E-state index contributed by atoms with van der Waals surface area (Å²) in [6, 6.07) is 4.47. The van der Waals surface area contributed by atoms with Crippen LogP contribution in [-0.2, 0) is 4.74 Å². The van der Waals surface area contributed by atoms with Crippen molar-refractivity contribution < 1.29 is 4.74 Å². The number of imidazole rings is 1. The number of rotatable bonds is 1. The van der Waals surface area contributed by atoms with Gasteiger partial charge in [0.2, 0.25) is 0 Å². The van der Waals surface area contributed by atoms with Crippen LogP contribution in [0.15, 0.2) is 12.1 Å². The van der Waals surface area contributed by atoms with Gasteiger partial charge in [0.15, 0.2) is 0 Å². The van der Waals surface area contributed by atoms with E-state index in [2.05, 4.69) is 9.55 Å². The van der Waals surface area contributed by atoms with Crippen LogP contribution in [0, 0.1) is 13.8 Å². The average molecular weight is 237 g/mol. The second-order valence-corrected chi connectivity index (χ2v) is 4.72. The number of nitrogens with zero attached hydrogens (tertiary/aromatic N) is 2. The molecule has 0 unspecified atom stereocenters. The predicted molar refractivity (Wildman–Crippen MR) is 64.1 cm³/mol. The Bertz CT molecular complexity index is 558. The number of hydrogen-bond acceptors (Lipinski definition) is 2. The van der Waals surface area contributed by atoms with Crippen LogP contribution in [0.1, 0.15) is 17.4 Å². The highest BCUT2D eigenvalue weighted by atomic mass is 35.5. The van der Waals surface area contributed by atoms with E-state index >= 15 is 0 Å². The first-order valence-electron chi connectivity index (χ1n) is 5.39. The quantitative estimate of drug-likeness (QED) is 0.761. The molecular weight excluding hydrogens is 224 g/mol. The molecule has 3 nitrogen and oxygen atoms in total. The van der Waals surface area contributed by atoms with Crippen molar-refractivity contribution in [1.82, 2.24) is 9.55 Å². The lowest BCUT2D eigenvalue weighted by Gasteiger charge is -2.28. The summed E-state index contributed by atoms with van der Waals surface area (Å²) >= 11 is 6.16. The van der Waals surface area contributed by atoms with Gasteiger partial charge in [-0.1, -0.05) is 11.6 Å². The highest BCUT2D eigenvalue weighted by molar-refractivity contribution is 6.32. The highest BCUT2D eigenvalue weighted by Gasteiger charge is 2.24. The molecule has 0 radical (unpaired) electrons. The van der Waals surface area contributed by atoms with Crippen molar-refractivity contribution in [2.75, 3.05) is 13.2 Å². The molecule has 16 heavy (non-hydrogen) atoms. The molecule has 0 aliphatic carbocycles. The summed E-state index contributed by atoms with van der Waals surface area (Å²) < 4.78 is 7.46. The van der Waals surface area contributed by atoms with E-state index in [0.717, 1.165) is 40.7 Å². The lowest BCUT2D eigenvalue weighted by molar-refractivity contribution is -0.0224. The third-order valence-corrected chi connectivity index (χ3v) is 3.54. The predicted octanol–water partition coefficient (Wildman–Crippen LogP) is 2.88. The van der Waals surface area contributed by atoms with Crippen LogP contribution in [-0.4, -0.2) is 22.8 Å². The Hall–Kier alpha value is -1.06. The average Bonchev–Trinajstić information content (AvgIpc) is 2.43. The van der Waals surface area contributed by atoms with Gasteiger partial charge in [0.25, 0.3) is 0 Å². The first-order chi connectivity index (χ1) is 7.66. The molecule has 0 bridgehead atoms. The zero-order chi connectivity index (χ0) is 11.3. The van der Waals surface area contributed by atoms with Crippen molar-refractivity contribution in [3.05, 3.63) is 28.5 Å². The molecule has 0 saturated carbocycles. The highest BCUT2D eigenvalue weighted by Crippen LogP contribution is 2.29. The van der Waals surface area contributed by atoms with Gasteiger partial charge in [0.05, 0.1) is 30.3 Å². The monoisotopic (exact) mass is 236 g/mol. The number of halogens is 1. The van der Waals surface area contributed by atoms with Gasteiger partial charge in [-0.15, -0.1) is 0 Å². The third-order valence-electron chi connectivity index (χ3n) is 3.13. The topological polar surface area (TPSA) is 27.1 Å². The Balaban J connectivity index is 2.26. The van der Waals surface area contributed by atoms with Gasteiger partial charge in [-0.05, 0) is 31.5 Å². The molecule has 4 heteroatoms. The normalized spacial score (nSPS) is 16.7. The Morgan fingerprint density at radius 1 is 1.38 bits per heavy atom. The van der Waals surface area contributed by atoms with Crippen molar-refractivity contribution in [2.24, 2.45) is 0 Å². The fourth-order valence-corrected chi connectivity index (χ4v) is 2.33. The van der Waals surface area contributed by atoms with E-state index in [1.165, 1.54) is 0 Å². The van der Waals surface area contributed by atoms with Crippen LogP contribution < -0.4 is 0 Å². The standard InChI is InChI=1S/C12H13ClN2O/c1-7-3-11-12(4-10(7)13)15(8(2)14-11)9-5-16-6-9/h3-4,9H,5-6H2,1-2H3. The van der Waals surface area contributed by atoms with Gasteiger partial charge in [0, 0.05) is 5.02 Å². The van der Waals surface area contributed by atoms with Gasteiger partial charge < -0.3 is 9.30 Å². The van der Waals surface area contributed by atoms with Crippen molar-refractivity contribution in [3.8, 4) is 0 Å². The summed E-state index contributed by atoms with van der Waals surface area (Å²) in [4.78, 5) is 4.57. The summed E-state index contributed by atoms with van der Waals surface area (Å²) in [7, 11) is 0. The van der Waals surface area contributed by atoms with E-state index < -0.39 is 0 Å². The van der Waals surface area contributed by atoms with Crippen molar-refractivity contribution in [3.63, 3.8) is 0 Å². The van der Waals surface area contributed by atoms with Gasteiger partial charge in [-0.3, -0.25) is 0 Å². The molecule has 1 fully saturated rings. The summed E-state index contributed by atoms with van der Waals surface area (Å²) in [5.74, 6) is 1.03. The summed E-state index contributed by atoms with van der Waals surface area (Å²) in [5, 5.41) is 0.800.